The van der Waals surface area contributed by atoms with Crippen LogP contribution in [0.4, 0.5) is 0 Å². The zero-order valence-corrected chi connectivity index (χ0v) is 7.42. The van der Waals surface area contributed by atoms with Gasteiger partial charge in [0.25, 0.3) is 0 Å². The van der Waals surface area contributed by atoms with Crippen molar-refractivity contribution in [2.45, 2.75) is 33.8 Å². The van der Waals surface area contributed by atoms with E-state index in [1.54, 1.807) is 0 Å². The van der Waals surface area contributed by atoms with Crippen LogP contribution in [-0.4, -0.2) is 12.7 Å². The van der Waals surface area contributed by atoms with Gasteiger partial charge in [0.15, 0.2) is 0 Å². The van der Waals surface area contributed by atoms with Crippen molar-refractivity contribution in [1.82, 2.24) is 0 Å². The molecule has 1 heteroatoms. The molecule has 1 fully saturated rings. The van der Waals surface area contributed by atoms with Crippen molar-refractivity contribution in [1.29, 1.82) is 0 Å². The first-order valence-corrected chi connectivity index (χ1v) is 4.24. The Kier molecular flexibility index (Phi) is 2.35. The third-order valence-corrected chi connectivity index (χ3v) is 3.09. The van der Waals surface area contributed by atoms with Gasteiger partial charge < -0.3 is 4.74 Å². The Morgan fingerprint density at radius 3 is 2.10 bits per heavy atom. The van der Waals surface area contributed by atoms with Crippen LogP contribution in [0.1, 0.15) is 27.7 Å². The fourth-order valence-electron chi connectivity index (χ4n) is 1.55. The lowest BCUT2D eigenvalue weighted by Gasteiger charge is -2.36. The van der Waals surface area contributed by atoms with Crippen molar-refractivity contribution in [3.63, 3.8) is 0 Å². The maximum Gasteiger partial charge on any atom is 0.0575 e. The summed E-state index contributed by atoms with van der Waals surface area (Å²) in [6.45, 7) is 10.0. The lowest BCUT2D eigenvalue weighted by Crippen LogP contribution is -2.36. The second kappa shape index (κ2) is 2.91. The van der Waals surface area contributed by atoms with Gasteiger partial charge in [-0.25, -0.2) is 0 Å². The summed E-state index contributed by atoms with van der Waals surface area (Å²) in [7, 11) is 0. The number of ether oxygens (including phenoxy) is 1. The van der Waals surface area contributed by atoms with Gasteiger partial charge in [0, 0.05) is 6.61 Å². The van der Waals surface area contributed by atoms with Crippen LogP contribution in [0.2, 0.25) is 0 Å². The predicted octanol–water partition coefficient (Wildman–Crippen LogP) is 2.31. The Bertz CT molecular complexity index is 97.3. The molecule has 0 aromatic rings. The summed E-state index contributed by atoms with van der Waals surface area (Å²) in [5.74, 6) is 2.29. The summed E-state index contributed by atoms with van der Waals surface area (Å²) in [4.78, 5) is 0. The van der Waals surface area contributed by atoms with Gasteiger partial charge in [-0.15, -0.1) is 0 Å². The molecule has 0 spiro atoms. The standard InChI is InChI=1S/C9H18O/c1-6-5-10-9(4)8(3)7(6)2/h6-9H,5H2,1-4H3/t6?,7?,8?,9-/m0/s1. The van der Waals surface area contributed by atoms with E-state index in [1.807, 2.05) is 0 Å². The SMILES string of the molecule is CC1CO[C@@H](C)C(C)C1C. The molecule has 0 amide bonds. The molecule has 1 aliphatic rings. The summed E-state index contributed by atoms with van der Waals surface area (Å²) < 4.78 is 5.57. The van der Waals surface area contributed by atoms with Crippen molar-refractivity contribution in [2.24, 2.45) is 17.8 Å². The van der Waals surface area contributed by atoms with Gasteiger partial charge in [-0.1, -0.05) is 20.8 Å². The molecule has 1 aliphatic heterocycles. The smallest absolute Gasteiger partial charge is 0.0575 e. The number of rotatable bonds is 0. The second-order valence-electron chi connectivity index (χ2n) is 3.73. The Morgan fingerprint density at radius 2 is 1.60 bits per heavy atom. The van der Waals surface area contributed by atoms with E-state index in [4.69, 9.17) is 4.74 Å². The van der Waals surface area contributed by atoms with Gasteiger partial charge in [0.05, 0.1) is 6.10 Å². The quantitative estimate of drug-likeness (QED) is 0.504. The summed E-state index contributed by atoms with van der Waals surface area (Å²) in [5.41, 5.74) is 0. The van der Waals surface area contributed by atoms with Gasteiger partial charge in [-0.05, 0) is 24.7 Å². The van der Waals surface area contributed by atoms with Crippen LogP contribution in [0, 0.1) is 17.8 Å². The molecule has 0 N–H and O–H groups in total. The van der Waals surface area contributed by atoms with Crippen molar-refractivity contribution in [3.05, 3.63) is 0 Å². The summed E-state index contributed by atoms with van der Waals surface area (Å²) in [6.07, 6.45) is 0.464. The molecule has 3 unspecified atom stereocenters. The molecule has 4 atom stereocenters. The molecule has 0 bridgehead atoms. The summed E-state index contributed by atoms with van der Waals surface area (Å²) in [6, 6.07) is 0. The molecule has 1 heterocycles. The van der Waals surface area contributed by atoms with Crippen LogP contribution in [0.3, 0.4) is 0 Å². The molecule has 10 heavy (non-hydrogen) atoms. The minimum atomic E-state index is 0.464. The lowest BCUT2D eigenvalue weighted by molar-refractivity contribution is -0.0661. The van der Waals surface area contributed by atoms with Crippen LogP contribution in [-0.2, 0) is 4.74 Å². The minimum absolute atomic E-state index is 0.464. The van der Waals surface area contributed by atoms with E-state index in [0.29, 0.717) is 6.10 Å². The molecule has 60 valence electrons. The molecule has 0 radical (unpaired) electrons. The third kappa shape index (κ3) is 1.34. The molecular weight excluding hydrogens is 124 g/mol. The lowest BCUT2D eigenvalue weighted by atomic mass is 9.80. The maximum absolute atomic E-state index is 5.57. The molecule has 1 saturated heterocycles. The molecule has 0 saturated carbocycles. The summed E-state index contributed by atoms with van der Waals surface area (Å²) >= 11 is 0. The highest BCUT2D eigenvalue weighted by Crippen LogP contribution is 2.29. The molecule has 1 nitrogen and oxygen atoms in total. The molecule has 0 aromatic carbocycles. The van der Waals surface area contributed by atoms with Gasteiger partial charge in [0.1, 0.15) is 0 Å². The molecule has 0 aromatic heterocycles. The van der Waals surface area contributed by atoms with Crippen LogP contribution < -0.4 is 0 Å². The molecular formula is C9H18O. The average molecular weight is 142 g/mol. The average Bonchev–Trinajstić information content (AvgIpc) is 1.93. The van der Waals surface area contributed by atoms with Gasteiger partial charge in [0.2, 0.25) is 0 Å². The van der Waals surface area contributed by atoms with Crippen LogP contribution in [0.5, 0.6) is 0 Å². The van der Waals surface area contributed by atoms with E-state index in [-0.39, 0.29) is 0 Å². The first-order valence-electron chi connectivity index (χ1n) is 4.24. The fraction of sp³-hybridized carbons (Fsp3) is 1.00. The Labute approximate surface area is 63.8 Å². The first-order chi connectivity index (χ1) is 4.63. The van der Waals surface area contributed by atoms with Gasteiger partial charge >= 0.3 is 0 Å². The highest BCUT2D eigenvalue weighted by atomic mass is 16.5. The highest BCUT2D eigenvalue weighted by molar-refractivity contribution is 4.77. The Morgan fingerprint density at radius 1 is 1.00 bits per heavy atom. The van der Waals surface area contributed by atoms with Crippen LogP contribution >= 0.6 is 0 Å². The normalized spacial score (nSPS) is 49.2. The first kappa shape index (κ1) is 8.06. The van der Waals surface area contributed by atoms with Gasteiger partial charge in [-0.3, -0.25) is 0 Å². The van der Waals surface area contributed by atoms with Gasteiger partial charge in [-0.2, -0.15) is 0 Å². The van der Waals surface area contributed by atoms with E-state index in [9.17, 15) is 0 Å². The van der Waals surface area contributed by atoms with Crippen molar-refractivity contribution < 1.29 is 4.74 Å². The van der Waals surface area contributed by atoms with E-state index >= 15 is 0 Å². The number of hydrogen-bond acceptors (Lipinski definition) is 1. The van der Waals surface area contributed by atoms with E-state index in [0.717, 1.165) is 24.4 Å². The van der Waals surface area contributed by atoms with Crippen molar-refractivity contribution >= 4 is 0 Å². The zero-order valence-electron chi connectivity index (χ0n) is 7.42. The van der Waals surface area contributed by atoms with E-state index in [2.05, 4.69) is 27.7 Å². The highest BCUT2D eigenvalue weighted by Gasteiger charge is 2.29. The summed E-state index contributed by atoms with van der Waals surface area (Å²) in [5, 5.41) is 0. The number of hydrogen-bond donors (Lipinski definition) is 0. The fourth-order valence-corrected chi connectivity index (χ4v) is 1.55. The maximum atomic E-state index is 5.57. The molecule has 0 aliphatic carbocycles. The van der Waals surface area contributed by atoms with Crippen molar-refractivity contribution in [2.75, 3.05) is 6.61 Å². The van der Waals surface area contributed by atoms with Crippen LogP contribution in [0.15, 0.2) is 0 Å². The van der Waals surface area contributed by atoms with Crippen LogP contribution in [0.25, 0.3) is 0 Å². The predicted molar refractivity (Wildman–Crippen MR) is 42.9 cm³/mol. The minimum Gasteiger partial charge on any atom is -0.378 e. The monoisotopic (exact) mass is 142 g/mol. The third-order valence-electron chi connectivity index (χ3n) is 3.09. The topological polar surface area (TPSA) is 9.23 Å². The Balaban J connectivity index is 2.52. The van der Waals surface area contributed by atoms with E-state index < -0.39 is 0 Å². The largest absolute Gasteiger partial charge is 0.378 e. The zero-order chi connectivity index (χ0) is 7.72. The second-order valence-corrected chi connectivity index (χ2v) is 3.73. The van der Waals surface area contributed by atoms with Crippen molar-refractivity contribution in [3.8, 4) is 0 Å². The molecule has 1 rings (SSSR count). The Hall–Kier alpha value is -0.0400. The van der Waals surface area contributed by atoms with E-state index in [1.165, 1.54) is 0 Å².